The molecule has 6 heteroatoms. The van der Waals surface area contributed by atoms with E-state index >= 15 is 0 Å². The van der Waals surface area contributed by atoms with Crippen molar-refractivity contribution in [3.63, 3.8) is 0 Å². The molecule has 1 saturated heterocycles. The SMILES string of the molecule is COc1ccc(CC(=O)N2CCN(C(=O)CCCOc3ccccc3)CC2)cc1. The number of hydrogen-bond donors (Lipinski definition) is 0. The zero-order chi connectivity index (χ0) is 20.5. The van der Waals surface area contributed by atoms with Gasteiger partial charge in [-0.3, -0.25) is 9.59 Å². The summed E-state index contributed by atoms with van der Waals surface area (Å²) in [6.07, 6.45) is 1.52. The Morgan fingerprint density at radius 2 is 1.45 bits per heavy atom. The van der Waals surface area contributed by atoms with Crippen molar-refractivity contribution in [1.29, 1.82) is 0 Å². The molecule has 2 aromatic rings. The summed E-state index contributed by atoms with van der Waals surface area (Å²) in [5, 5.41) is 0. The molecule has 0 atom stereocenters. The Labute approximate surface area is 172 Å². The lowest BCUT2D eigenvalue weighted by atomic mass is 10.1. The highest BCUT2D eigenvalue weighted by Gasteiger charge is 2.23. The largest absolute Gasteiger partial charge is 0.497 e. The maximum absolute atomic E-state index is 12.5. The maximum Gasteiger partial charge on any atom is 0.227 e. The monoisotopic (exact) mass is 396 g/mol. The van der Waals surface area contributed by atoms with E-state index in [0.717, 1.165) is 17.1 Å². The Balaban J connectivity index is 1.35. The summed E-state index contributed by atoms with van der Waals surface area (Å²) >= 11 is 0. The fourth-order valence-corrected chi connectivity index (χ4v) is 3.32. The number of nitrogens with zero attached hydrogens (tertiary/aromatic N) is 2. The van der Waals surface area contributed by atoms with Gasteiger partial charge in [0.25, 0.3) is 0 Å². The molecule has 1 fully saturated rings. The van der Waals surface area contributed by atoms with Crippen LogP contribution in [0.5, 0.6) is 11.5 Å². The maximum atomic E-state index is 12.5. The van der Waals surface area contributed by atoms with Gasteiger partial charge in [-0.05, 0) is 36.2 Å². The van der Waals surface area contributed by atoms with E-state index < -0.39 is 0 Å². The summed E-state index contributed by atoms with van der Waals surface area (Å²) in [5.74, 6) is 1.83. The molecule has 0 saturated carbocycles. The second-order valence-electron chi connectivity index (χ2n) is 7.05. The molecule has 0 aliphatic carbocycles. The van der Waals surface area contributed by atoms with Crippen LogP contribution in [0.2, 0.25) is 0 Å². The summed E-state index contributed by atoms with van der Waals surface area (Å²) in [7, 11) is 1.62. The van der Waals surface area contributed by atoms with Gasteiger partial charge in [0.15, 0.2) is 0 Å². The van der Waals surface area contributed by atoms with Gasteiger partial charge in [-0.25, -0.2) is 0 Å². The fourth-order valence-electron chi connectivity index (χ4n) is 3.32. The molecule has 2 amide bonds. The second-order valence-corrected chi connectivity index (χ2v) is 7.05. The van der Waals surface area contributed by atoms with E-state index in [2.05, 4.69) is 0 Å². The lowest BCUT2D eigenvalue weighted by molar-refractivity contribution is -0.139. The van der Waals surface area contributed by atoms with Crippen LogP contribution in [0, 0.1) is 0 Å². The van der Waals surface area contributed by atoms with Crippen LogP contribution in [0.1, 0.15) is 18.4 Å². The van der Waals surface area contributed by atoms with Gasteiger partial charge in [-0.15, -0.1) is 0 Å². The van der Waals surface area contributed by atoms with E-state index in [-0.39, 0.29) is 11.8 Å². The van der Waals surface area contributed by atoms with E-state index in [1.807, 2.05) is 64.4 Å². The van der Waals surface area contributed by atoms with Crippen molar-refractivity contribution in [2.75, 3.05) is 39.9 Å². The molecule has 0 bridgehead atoms. The Kier molecular flexibility index (Phi) is 7.50. The number of ether oxygens (including phenoxy) is 2. The molecule has 29 heavy (non-hydrogen) atoms. The molecule has 1 heterocycles. The smallest absolute Gasteiger partial charge is 0.227 e. The minimum Gasteiger partial charge on any atom is -0.497 e. The van der Waals surface area contributed by atoms with Crippen molar-refractivity contribution in [2.24, 2.45) is 0 Å². The number of rotatable bonds is 8. The molecule has 2 aromatic carbocycles. The highest BCUT2D eigenvalue weighted by Crippen LogP contribution is 2.14. The molecule has 1 aliphatic heterocycles. The van der Waals surface area contributed by atoms with E-state index in [1.54, 1.807) is 7.11 Å². The molecule has 0 unspecified atom stereocenters. The van der Waals surface area contributed by atoms with Crippen LogP contribution in [0.25, 0.3) is 0 Å². The first-order valence-electron chi connectivity index (χ1n) is 10.0. The third-order valence-electron chi connectivity index (χ3n) is 5.05. The van der Waals surface area contributed by atoms with Gasteiger partial charge < -0.3 is 19.3 Å². The summed E-state index contributed by atoms with van der Waals surface area (Å²) < 4.78 is 10.8. The molecule has 3 rings (SSSR count). The Morgan fingerprint density at radius 1 is 0.828 bits per heavy atom. The van der Waals surface area contributed by atoms with Gasteiger partial charge >= 0.3 is 0 Å². The van der Waals surface area contributed by atoms with Gasteiger partial charge in [0.2, 0.25) is 11.8 Å². The van der Waals surface area contributed by atoms with E-state index in [4.69, 9.17) is 9.47 Å². The predicted octanol–water partition coefficient (Wildman–Crippen LogP) is 2.77. The number of benzene rings is 2. The summed E-state index contributed by atoms with van der Waals surface area (Å²) in [5.41, 5.74) is 0.965. The third kappa shape index (κ3) is 6.24. The lowest BCUT2D eigenvalue weighted by Gasteiger charge is -2.35. The van der Waals surface area contributed by atoms with E-state index in [1.165, 1.54) is 0 Å². The molecule has 1 aliphatic rings. The Hall–Kier alpha value is -3.02. The first-order chi connectivity index (χ1) is 14.2. The van der Waals surface area contributed by atoms with Crippen LogP contribution >= 0.6 is 0 Å². The topological polar surface area (TPSA) is 59.1 Å². The summed E-state index contributed by atoms with van der Waals surface area (Å²) in [6.45, 7) is 2.87. The van der Waals surface area contributed by atoms with Crippen molar-refractivity contribution < 1.29 is 19.1 Å². The first kappa shape index (κ1) is 20.7. The fraction of sp³-hybridized carbons (Fsp3) is 0.391. The molecule has 6 nitrogen and oxygen atoms in total. The second kappa shape index (κ2) is 10.5. The van der Waals surface area contributed by atoms with Crippen LogP contribution in [-0.4, -0.2) is 61.5 Å². The van der Waals surface area contributed by atoms with Crippen molar-refractivity contribution >= 4 is 11.8 Å². The van der Waals surface area contributed by atoms with Crippen molar-refractivity contribution in [3.05, 3.63) is 60.2 Å². The number of methoxy groups -OCH3 is 1. The quantitative estimate of drug-likeness (QED) is 0.644. The zero-order valence-corrected chi connectivity index (χ0v) is 16.9. The van der Waals surface area contributed by atoms with Crippen LogP contribution in [0.3, 0.4) is 0 Å². The van der Waals surface area contributed by atoms with E-state index in [0.29, 0.717) is 52.0 Å². The third-order valence-corrected chi connectivity index (χ3v) is 5.05. The highest BCUT2D eigenvalue weighted by molar-refractivity contribution is 5.80. The summed E-state index contributed by atoms with van der Waals surface area (Å²) in [4.78, 5) is 28.6. The molecule has 0 radical (unpaired) electrons. The number of carbonyl (C=O) groups is 2. The van der Waals surface area contributed by atoms with Crippen LogP contribution in [0.4, 0.5) is 0 Å². The molecule has 0 aromatic heterocycles. The average Bonchev–Trinajstić information content (AvgIpc) is 2.78. The molecule has 0 spiro atoms. The molecule has 154 valence electrons. The summed E-state index contributed by atoms with van der Waals surface area (Å²) in [6, 6.07) is 17.2. The number of amides is 2. The average molecular weight is 396 g/mol. The Morgan fingerprint density at radius 3 is 2.07 bits per heavy atom. The first-order valence-corrected chi connectivity index (χ1v) is 10.0. The van der Waals surface area contributed by atoms with Crippen LogP contribution in [0.15, 0.2) is 54.6 Å². The van der Waals surface area contributed by atoms with Crippen molar-refractivity contribution in [2.45, 2.75) is 19.3 Å². The van der Waals surface area contributed by atoms with Gasteiger partial charge in [0.05, 0.1) is 20.1 Å². The van der Waals surface area contributed by atoms with Crippen molar-refractivity contribution in [1.82, 2.24) is 9.80 Å². The highest BCUT2D eigenvalue weighted by atomic mass is 16.5. The number of hydrogen-bond acceptors (Lipinski definition) is 4. The minimum absolute atomic E-state index is 0.0959. The normalized spacial score (nSPS) is 13.8. The molecular formula is C23H28N2O4. The number of carbonyl (C=O) groups excluding carboxylic acids is 2. The Bertz CT molecular complexity index is 784. The minimum atomic E-state index is 0.0959. The zero-order valence-electron chi connectivity index (χ0n) is 16.9. The van der Waals surface area contributed by atoms with Gasteiger partial charge in [-0.2, -0.15) is 0 Å². The predicted molar refractivity (Wildman–Crippen MR) is 111 cm³/mol. The molecular weight excluding hydrogens is 368 g/mol. The molecule has 0 N–H and O–H groups in total. The van der Waals surface area contributed by atoms with Crippen LogP contribution < -0.4 is 9.47 Å². The van der Waals surface area contributed by atoms with E-state index in [9.17, 15) is 9.59 Å². The van der Waals surface area contributed by atoms with Gasteiger partial charge in [-0.1, -0.05) is 30.3 Å². The van der Waals surface area contributed by atoms with Crippen LogP contribution in [-0.2, 0) is 16.0 Å². The number of piperazine rings is 1. The van der Waals surface area contributed by atoms with Gasteiger partial charge in [0, 0.05) is 32.6 Å². The number of para-hydroxylation sites is 1. The standard InChI is InChI=1S/C23H28N2O4/c1-28-20-11-9-19(10-12-20)18-23(27)25-15-13-24(14-16-25)22(26)8-5-17-29-21-6-3-2-4-7-21/h2-4,6-7,9-12H,5,8,13-18H2,1H3. The van der Waals surface area contributed by atoms with Gasteiger partial charge in [0.1, 0.15) is 11.5 Å². The van der Waals surface area contributed by atoms with Crippen molar-refractivity contribution in [3.8, 4) is 11.5 Å². The lowest BCUT2D eigenvalue weighted by Crippen LogP contribution is -2.51.